The molecule has 1 heterocycles. The minimum Gasteiger partial charge on any atom is -0.458 e. The van der Waals surface area contributed by atoms with Crippen molar-refractivity contribution in [2.45, 2.75) is 26.4 Å². The Balaban J connectivity index is 2.35. The molecule has 2 aromatic rings. The number of aryl methyl sites for hydroxylation is 1. The molecule has 0 fully saturated rings. The molecule has 1 unspecified atom stereocenters. The summed E-state index contributed by atoms with van der Waals surface area (Å²) < 4.78 is 10.9. The maximum atomic E-state index is 10.3. The third-order valence-corrected chi connectivity index (χ3v) is 2.79. The summed E-state index contributed by atoms with van der Waals surface area (Å²) in [7, 11) is 0. The Kier molecular flexibility index (Phi) is 3.22. The van der Waals surface area contributed by atoms with Crippen LogP contribution in [0.3, 0.4) is 0 Å². The first-order valence-electron chi connectivity index (χ1n) is 5.84. The highest BCUT2D eigenvalue weighted by atomic mass is 16.5. The Bertz CT molecular complexity index is 511. The second kappa shape index (κ2) is 4.51. The fraction of sp³-hybridized carbons (Fsp3) is 0.429. The van der Waals surface area contributed by atoms with Crippen molar-refractivity contribution in [3.63, 3.8) is 0 Å². The minimum absolute atomic E-state index is 0.238. The summed E-state index contributed by atoms with van der Waals surface area (Å²) in [6.45, 7) is 6.45. The molecule has 0 saturated carbocycles. The number of benzene rings is 1. The lowest BCUT2D eigenvalue weighted by molar-refractivity contribution is -0.0470. The monoisotopic (exact) mass is 234 g/mol. The molecule has 1 aromatic heterocycles. The number of furan rings is 1. The highest BCUT2D eigenvalue weighted by Gasteiger charge is 2.27. The summed E-state index contributed by atoms with van der Waals surface area (Å²) in [6, 6.07) is 7.83. The zero-order valence-corrected chi connectivity index (χ0v) is 10.5. The van der Waals surface area contributed by atoms with Gasteiger partial charge in [-0.1, -0.05) is 11.6 Å². The van der Waals surface area contributed by atoms with Gasteiger partial charge >= 0.3 is 0 Å². The zero-order valence-electron chi connectivity index (χ0n) is 10.5. The molecule has 0 aliphatic carbocycles. The topological polar surface area (TPSA) is 42.6 Å². The summed E-state index contributed by atoms with van der Waals surface area (Å²) in [4.78, 5) is 0. The van der Waals surface area contributed by atoms with Crippen molar-refractivity contribution < 1.29 is 14.3 Å². The molecule has 3 heteroatoms. The molecule has 0 aliphatic rings. The predicted octanol–water partition coefficient (Wildman–Crippen LogP) is 2.99. The van der Waals surface area contributed by atoms with E-state index in [0.29, 0.717) is 12.4 Å². The molecule has 92 valence electrons. The van der Waals surface area contributed by atoms with Crippen LogP contribution in [0.4, 0.5) is 0 Å². The van der Waals surface area contributed by atoms with Crippen LogP contribution in [0.1, 0.15) is 25.2 Å². The lowest BCUT2D eigenvalue weighted by Gasteiger charge is -2.19. The molecular weight excluding hydrogens is 216 g/mol. The quantitative estimate of drug-likeness (QED) is 0.884. The highest BCUT2D eigenvalue weighted by molar-refractivity contribution is 5.78. The van der Waals surface area contributed by atoms with E-state index in [1.54, 1.807) is 6.92 Å². The van der Waals surface area contributed by atoms with Crippen LogP contribution in [-0.4, -0.2) is 18.3 Å². The van der Waals surface area contributed by atoms with E-state index in [2.05, 4.69) is 0 Å². The fourth-order valence-corrected chi connectivity index (χ4v) is 1.80. The Labute approximate surface area is 101 Å². The first-order valence-corrected chi connectivity index (χ1v) is 5.84. The Morgan fingerprint density at radius 1 is 1.35 bits per heavy atom. The summed E-state index contributed by atoms with van der Waals surface area (Å²) in [6.07, 6.45) is 0. The molecule has 0 amide bonds. The third kappa shape index (κ3) is 2.51. The number of hydrogen-bond donors (Lipinski definition) is 1. The standard InChI is InChI=1S/C14H18O3/c1-4-16-9-14(3,15)13-8-11-7-10(2)5-6-12(11)17-13/h5-8,15H,4,9H2,1-3H3. The molecule has 17 heavy (non-hydrogen) atoms. The first kappa shape index (κ1) is 12.1. The minimum atomic E-state index is -1.08. The van der Waals surface area contributed by atoms with Crippen molar-refractivity contribution in [2.24, 2.45) is 0 Å². The Morgan fingerprint density at radius 3 is 2.82 bits per heavy atom. The maximum Gasteiger partial charge on any atom is 0.142 e. The number of ether oxygens (including phenoxy) is 1. The molecule has 0 radical (unpaired) electrons. The van der Waals surface area contributed by atoms with Gasteiger partial charge in [-0.3, -0.25) is 0 Å². The molecule has 1 atom stereocenters. The van der Waals surface area contributed by atoms with Gasteiger partial charge in [-0.25, -0.2) is 0 Å². The molecule has 0 bridgehead atoms. The lowest BCUT2D eigenvalue weighted by Crippen LogP contribution is -2.27. The van der Waals surface area contributed by atoms with E-state index in [9.17, 15) is 5.11 Å². The first-order chi connectivity index (χ1) is 8.03. The van der Waals surface area contributed by atoms with E-state index in [0.717, 1.165) is 11.0 Å². The van der Waals surface area contributed by atoms with Gasteiger partial charge in [0, 0.05) is 12.0 Å². The average molecular weight is 234 g/mol. The van der Waals surface area contributed by atoms with Crippen LogP contribution in [0.25, 0.3) is 11.0 Å². The van der Waals surface area contributed by atoms with E-state index in [1.807, 2.05) is 38.1 Å². The van der Waals surface area contributed by atoms with Gasteiger partial charge in [0.05, 0.1) is 6.61 Å². The van der Waals surface area contributed by atoms with Gasteiger partial charge in [-0.15, -0.1) is 0 Å². The van der Waals surface area contributed by atoms with Crippen molar-refractivity contribution in [3.8, 4) is 0 Å². The van der Waals surface area contributed by atoms with Crippen LogP contribution in [0.5, 0.6) is 0 Å². The van der Waals surface area contributed by atoms with Gasteiger partial charge in [0.2, 0.25) is 0 Å². The number of fused-ring (bicyclic) bond motifs is 1. The van der Waals surface area contributed by atoms with Crippen LogP contribution in [0.15, 0.2) is 28.7 Å². The fourth-order valence-electron chi connectivity index (χ4n) is 1.80. The van der Waals surface area contributed by atoms with Gasteiger partial charge in [0.15, 0.2) is 0 Å². The van der Waals surface area contributed by atoms with Crippen LogP contribution in [-0.2, 0) is 10.3 Å². The predicted molar refractivity (Wildman–Crippen MR) is 67.0 cm³/mol. The highest BCUT2D eigenvalue weighted by Crippen LogP contribution is 2.28. The second-order valence-electron chi connectivity index (χ2n) is 4.56. The van der Waals surface area contributed by atoms with Gasteiger partial charge in [-0.2, -0.15) is 0 Å². The normalized spacial score (nSPS) is 15.1. The molecule has 3 nitrogen and oxygen atoms in total. The zero-order chi connectivity index (χ0) is 12.5. The molecule has 0 saturated heterocycles. The van der Waals surface area contributed by atoms with E-state index in [1.165, 1.54) is 5.56 Å². The van der Waals surface area contributed by atoms with Crippen molar-refractivity contribution in [1.29, 1.82) is 0 Å². The number of rotatable bonds is 4. The van der Waals surface area contributed by atoms with E-state index >= 15 is 0 Å². The largest absolute Gasteiger partial charge is 0.458 e. The molecule has 0 aliphatic heterocycles. The van der Waals surface area contributed by atoms with Crippen LogP contribution in [0, 0.1) is 6.92 Å². The summed E-state index contributed by atoms with van der Waals surface area (Å²) in [5.41, 5.74) is 0.889. The molecule has 1 N–H and O–H groups in total. The summed E-state index contributed by atoms with van der Waals surface area (Å²) in [5, 5.41) is 11.3. The van der Waals surface area contributed by atoms with E-state index < -0.39 is 5.60 Å². The molecule has 2 rings (SSSR count). The van der Waals surface area contributed by atoms with Gasteiger partial charge in [-0.05, 0) is 39.0 Å². The molecular formula is C14H18O3. The van der Waals surface area contributed by atoms with Crippen molar-refractivity contribution in [3.05, 3.63) is 35.6 Å². The average Bonchev–Trinajstić information content (AvgIpc) is 2.70. The van der Waals surface area contributed by atoms with Crippen molar-refractivity contribution in [2.75, 3.05) is 13.2 Å². The smallest absolute Gasteiger partial charge is 0.142 e. The van der Waals surface area contributed by atoms with Crippen LogP contribution >= 0.6 is 0 Å². The van der Waals surface area contributed by atoms with E-state index in [4.69, 9.17) is 9.15 Å². The Hall–Kier alpha value is -1.32. The van der Waals surface area contributed by atoms with Gasteiger partial charge in [0.25, 0.3) is 0 Å². The van der Waals surface area contributed by atoms with Crippen LogP contribution in [0.2, 0.25) is 0 Å². The molecule has 1 aromatic carbocycles. The second-order valence-corrected chi connectivity index (χ2v) is 4.56. The molecule has 0 spiro atoms. The summed E-state index contributed by atoms with van der Waals surface area (Å²) in [5.74, 6) is 0.548. The third-order valence-electron chi connectivity index (χ3n) is 2.79. The number of hydrogen-bond acceptors (Lipinski definition) is 3. The van der Waals surface area contributed by atoms with Gasteiger partial charge in [0.1, 0.15) is 16.9 Å². The van der Waals surface area contributed by atoms with Crippen molar-refractivity contribution >= 4 is 11.0 Å². The SMILES string of the molecule is CCOCC(C)(O)c1cc2cc(C)ccc2o1. The van der Waals surface area contributed by atoms with Crippen molar-refractivity contribution in [1.82, 2.24) is 0 Å². The van der Waals surface area contributed by atoms with E-state index in [-0.39, 0.29) is 6.61 Å². The summed E-state index contributed by atoms with van der Waals surface area (Å²) >= 11 is 0. The lowest BCUT2D eigenvalue weighted by atomic mass is 10.0. The number of aliphatic hydroxyl groups is 1. The van der Waals surface area contributed by atoms with Gasteiger partial charge < -0.3 is 14.3 Å². The maximum absolute atomic E-state index is 10.3. The Morgan fingerprint density at radius 2 is 2.12 bits per heavy atom. The van der Waals surface area contributed by atoms with Crippen LogP contribution < -0.4 is 0 Å².